The molecular formula is C41H51N5O8S. The molecule has 0 unspecified atom stereocenters. The van der Waals surface area contributed by atoms with Crippen LogP contribution in [0.4, 0.5) is 4.79 Å². The highest BCUT2D eigenvalue weighted by Gasteiger charge is 2.63. The van der Waals surface area contributed by atoms with E-state index in [-0.39, 0.29) is 31.3 Å². The van der Waals surface area contributed by atoms with Crippen molar-refractivity contribution in [3.8, 4) is 11.1 Å². The number of alkyl carbamates (subject to hydrolysis) is 1. The highest BCUT2D eigenvalue weighted by atomic mass is 32.2. The summed E-state index contributed by atoms with van der Waals surface area (Å²) in [6.45, 7) is 5.82. The van der Waals surface area contributed by atoms with E-state index >= 15 is 0 Å². The van der Waals surface area contributed by atoms with Gasteiger partial charge in [-0.25, -0.2) is 13.2 Å². The van der Waals surface area contributed by atoms with E-state index in [1.807, 2.05) is 60.7 Å². The van der Waals surface area contributed by atoms with Gasteiger partial charge in [0.15, 0.2) is 0 Å². The van der Waals surface area contributed by atoms with Crippen LogP contribution in [0, 0.1) is 17.8 Å². The zero-order chi connectivity index (χ0) is 39.1. The van der Waals surface area contributed by atoms with Crippen LogP contribution in [0.15, 0.2) is 66.7 Å². The Morgan fingerprint density at radius 1 is 0.909 bits per heavy atom. The molecule has 0 radical (unpaired) electrons. The molecule has 2 aromatic carbocycles. The lowest BCUT2D eigenvalue weighted by Crippen LogP contribution is -2.60. The van der Waals surface area contributed by atoms with Gasteiger partial charge in [-0.15, -0.1) is 0 Å². The van der Waals surface area contributed by atoms with E-state index in [0.717, 1.165) is 24.0 Å². The third-order valence-corrected chi connectivity index (χ3v) is 13.2. The molecule has 0 aromatic heterocycles. The summed E-state index contributed by atoms with van der Waals surface area (Å²) in [6, 6.07) is 14.9. The van der Waals surface area contributed by atoms with Gasteiger partial charge in [-0.1, -0.05) is 73.5 Å². The van der Waals surface area contributed by atoms with Gasteiger partial charge in [0.05, 0.1) is 5.25 Å². The lowest BCUT2D eigenvalue weighted by molar-refractivity contribution is -0.142. The number of rotatable bonds is 6. The molecule has 0 spiro atoms. The molecule has 14 heteroatoms. The predicted octanol–water partition coefficient (Wildman–Crippen LogP) is 4.15. The number of ether oxygens (including phenoxy) is 1. The second-order valence-corrected chi connectivity index (χ2v) is 18.7. The molecule has 3 heterocycles. The minimum atomic E-state index is -3.91. The fourth-order valence-corrected chi connectivity index (χ4v) is 9.76. The first-order valence-electron chi connectivity index (χ1n) is 19.5. The Kier molecular flexibility index (Phi) is 10.6. The number of hydrogen-bond acceptors (Lipinski definition) is 8. The minimum absolute atomic E-state index is 0.150. The van der Waals surface area contributed by atoms with E-state index in [9.17, 15) is 32.4 Å². The molecule has 294 valence electrons. The van der Waals surface area contributed by atoms with E-state index < -0.39 is 74.1 Å². The average Bonchev–Trinajstić information content (AvgIpc) is 4.04. The normalized spacial score (nSPS) is 29.0. The van der Waals surface area contributed by atoms with Crippen molar-refractivity contribution in [2.75, 3.05) is 19.6 Å². The highest BCUT2D eigenvalue weighted by molar-refractivity contribution is 7.91. The molecule has 5 amide bonds. The zero-order valence-corrected chi connectivity index (χ0v) is 32.5. The number of amides is 5. The molecule has 2 saturated heterocycles. The second kappa shape index (κ2) is 15.1. The summed E-state index contributed by atoms with van der Waals surface area (Å²) in [5, 5.41) is 5.08. The van der Waals surface area contributed by atoms with Crippen molar-refractivity contribution in [3.05, 3.63) is 72.3 Å². The molecule has 7 rings (SSSR count). The predicted molar refractivity (Wildman–Crippen MR) is 205 cm³/mol. The van der Waals surface area contributed by atoms with Gasteiger partial charge in [0.25, 0.3) is 11.8 Å². The first-order valence-corrected chi connectivity index (χ1v) is 21.0. The Bertz CT molecular complexity index is 1980. The summed E-state index contributed by atoms with van der Waals surface area (Å²) < 4.78 is 33.6. The highest BCUT2D eigenvalue weighted by Crippen LogP contribution is 2.47. The summed E-state index contributed by atoms with van der Waals surface area (Å²) in [7, 11) is -3.91. The monoisotopic (exact) mass is 773 g/mol. The molecule has 2 aromatic rings. The van der Waals surface area contributed by atoms with Crippen molar-refractivity contribution in [1.29, 1.82) is 0 Å². The minimum Gasteiger partial charge on any atom is -0.444 e. The van der Waals surface area contributed by atoms with Crippen molar-refractivity contribution < 1.29 is 37.1 Å². The van der Waals surface area contributed by atoms with Crippen LogP contribution in [0.2, 0.25) is 0 Å². The van der Waals surface area contributed by atoms with Crippen LogP contribution in [-0.2, 0) is 29.1 Å². The van der Waals surface area contributed by atoms with Gasteiger partial charge in [-0.2, -0.15) is 0 Å². The number of hydrogen-bond donors (Lipinski definition) is 3. The first-order chi connectivity index (χ1) is 26.2. The third kappa shape index (κ3) is 8.29. The third-order valence-electron chi connectivity index (χ3n) is 11.4. The van der Waals surface area contributed by atoms with Crippen molar-refractivity contribution >= 4 is 39.7 Å². The van der Waals surface area contributed by atoms with Gasteiger partial charge in [-0.3, -0.25) is 23.9 Å². The van der Waals surface area contributed by atoms with Crippen molar-refractivity contribution in [2.24, 2.45) is 17.8 Å². The van der Waals surface area contributed by atoms with Gasteiger partial charge >= 0.3 is 6.09 Å². The van der Waals surface area contributed by atoms with Gasteiger partial charge in [-0.05, 0) is 76.5 Å². The van der Waals surface area contributed by atoms with Gasteiger partial charge in [0.2, 0.25) is 21.8 Å². The molecule has 13 nitrogen and oxygen atoms in total. The summed E-state index contributed by atoms with van der Waals surface area (Å²) in [5.74, 6) is -3.22. The van der Waals surface area contributed by atoms with Crippen molar-refractivity contribution in [2.45, 2.75) is 101 Å². The summed E-state index contributed by atoms with van der Waals surface area (Å²) in [5.41, 5.74) is -0.113. The van der Waals surface area contributed by atoms with E-state index in [1.165, 1.54) is 4.90 Å². The van der Waals surface area contributed by atoms with E-state index in [1.54, 1.807) is 31.7 Å². The Morgan fingerprint density at radius 2 is 1.64 bits per heavy atom. The van der Waals surface area contributed by atoms with Crippen molar-refractivity contribution in [1.82, 2.24) is 25.2 Å². The van der Waals surface area contributed by atoms with Crippen molar-refractivity contribution in [3.63, 3.8) is 0 Å². The molecule has 6 atom stereocenters. The first kappa shape index (κ1) is 38.6. The lowest BCUT2D eigenvalue weighted by Gasteiger charge is -2.33. The molecule has 2 aliphatic carbocycles. The number of fused-ring (bicyclic) bond motifs is 4. The molecule has 0 bridgehead atoms. The average molecular weight is 774 g/mol. The van der Waals surface area contributed by atoms with Gasteiger partial charge in [0, 0.05) is 43.0 Å². The number of allylic oxidation sites excluding steroid dienone is 1. The number of sulfonamides is 1. The number of nitrogens with zero attached hydrogens (tertiary/aromatic N) is 2. The largest absolute Gasteiger partial charge is 0.444 e. The maximum atomic E-state index is 14.7. The second-order valence-electron chi connectivity index (χ2n) is 16.7. The maximum absolute atomic E-state index is 14.7. The summed E-state index contributed by atoms with van der Waals surface area (Å²) in [4.78, 5) is 73.6. The van der Waals surface area contributed by atoms with Crippen LogP contribution in [-0.4, -0.2) is 96.0 Å². The molecule has 3 aliphatic heterocycles. The van der Waals surface area contributed by atoms with E-state index in [4.69, 9.17) is 4.74 Å². The topological polar surface area (TPSA) is 171 Å². The smallest absolute Gasteiger partial charge is 0.408 e. The Balaban J connectivity index is 1.20. The van der Waals surface area contributed by atoms with E-state index in [0.29, 0.717) is 44.2 Å². The van der Waals surface area contributed by atoms with Crippen LogP contribution < -0.4 is 15.4 Å². The molecular weight excluding hydrogens is 723 g/mol. The summed E-state index contributed by atoms with van der Waals surface area (Å²) in [6.07, 6.45) is 7.45. The Morgan fingerprint density at radius 3 is 2.36 bits per heavy atom. The van der Waals surface area contributed by atoms with Crippen LogP contribution >= 0.6 is 0 Å². The maximum Gasteiger partial charge on any atom is 0.408 e. The lowest BCUT2D eigenvalue weighted by atomic mass is 9.93. The fourth-order valence-electron chi connectivity index (χ4n) is 8.40. The van der Waals surface area contributed by atoms with Gasteiger partial charge in [0.1, 0.15) is 23.2 Å². The zero-order valence-electron chi connectivity index (χ0n) is 31.7. The molecule has 3 N–H and O–H groups in total. The Labute approximate surface area is 322 Å². The standard InChI is InChI=1S/C41H51N5O8S/c1-40(2,3)54-39(51)42-33-19-11-6-4-5-10-16-28-22-41(28,38(50)44-55(52,53)29-20-21-29)43-35(47)34-32-25-45(23-27(32)24-46(34)37(33)49)36(48)31-18-13-12-17-30(31)26-14-8-7-9-15-26/h7-10,12-18,27-29,32-34H,4-6,11,19-25H2,1-3H3,(H,42,51)(H,43,47)(H,44,50)/b16-10-/t27-,28-,32-,33+,34-,41+/m0/s1. The van der Waals surface area contributed by atoms with Crippen LogP contribution in [0.1, 0.15) is 82.5 Å². The number of likely N-dealkylation sites (tertiary alicyclic amines) is 1. The SMILES string of the molecule is CC(C)(C)OC(=O)N[C@@H]1CCCCC/C=C\[C@H]2C[C@@]2(C(=O)NS(=O)(=O)C2CC2)NC(=O)[C@@H]2[C@H]3CN(C(=O)c4ccccc4-c4ccccc4)C[C@H]3CN2C1=O. The van der Waals surface area contributed by atoms with E-state index in [2.05, 4.69) is 15.4 Å². The fraction of sp³-hybridized carbons (Fsp3) is 0.537. The van der Waals surface area contributed by atoms with Crippen LogP contribution in [0.25, 0.3) is 11.1 Å². The summed E-state index contributed by atoms with van der Waals surface area (Å²) >= 11 is 0. The molecule has 4 fully saturated rings. The molecule has 55 heavy (non-hydrogen) atoms. The number of benzene rings is 2. The van der Waals surface area contributed by atoms with Crippen LogP contribution in [0.3, 0.4) is 0 Å². The van der Waals surface area contributed by atoms with Gasteiger partial charge < -0.3 is 25.2 Å². The molecule has 2 saturated carbocycles. The quantitative estimate of drug-likeness (QED) is 0.368. The number of nitrogens with one attached hydrogen (secondary N) is 3. The molecule has 5 aliphatic rings. The number of carbonyl (C=O) groups is 5. The number of carbonyl (C=O) groups excluding carboxylic acids is 5. The van der Waals surface area contributed by atoms with Crippen LogP contribution in [0.5, 0.6) is 0 Å². The Hall–Kier alpha value is -4.72.